The summed E-state index contributed by atoms with van der Waals surface area (Å²) in [5.74, 6) is -0.194. The third-order valence-electron chi connectivity index (χ3n) is 4.09. The minimum Gasteiger partial charge on any atom is -0.321 e. The summed E-state index contributed by atoms with van der Waals surface area (Å²) in [5, 5.41) is 4.60. The second-order valence-electron chi connectivity index (χ2n) is 5.91. The predicted octanol–water partition coefficient (Wildman–Crippen LogP) is 3.61. The fourth-order valence-electron chi connectivity index (χ4n) is 2.83. The van der Waals surface area contributed by atoms with E-state index < -0.39 is 10.0 Å². The van der Waals surface area contributed by atoms with Crippen molar-refractivity contribution in [3.63, 3.8) is 0 Å². The highest BCUT2D eigenvalue weighted by Crippen LogP contribution is 2.21. The van der Waals surface area contributed by atoms with Crippen LogP contribution < -0.4 is 10.0 Å². The van der Waals surface area contributed by atoms with Gasteiger partial charge in [0.05, 0.1) is 9.77 Å². The summed E-state index contributed by atoms with van der Waals surface area (Å²) in [5.41, 5.74) is 0.574. The Bertz CT molecular complexity index is 778. The zero-order chi connectivity index (χ0) is 17.0. The number of carbonyl (C=O) groups is 1. The number of sulfonamides is 1. The van der Waals surface area contributed by atoms with Crippen LogP contribution in [0.1, 0.15) is 41.8 Å². The maximum absolute atomic E-state index is 12.4. The lowest BCUT2D eigenvalue weighted by atomic mass is 9.96. The molecule has 0 bridgehead atoms. The van der Waals surface area contributed by atoms with Gasteiger partial charge in [-0.05, 0) is 48.6 Å². The van der Waals surface area contributed by atoms with E-state index in [1.54, 1.807) is 18.2 Å². The van der Waals surface area contributed by atoms with Crippen molar-refractivity contribution in [1.82, 2.24) is 4.72 Å². The van der Waals surface area contributed by atoms with Crippen LogP contribution >= 0.6 is 11.3 Å². The molecule has 1 aliphatic carbocycles. The van der Waals surface area contributed by atoms with Gasteiger partial charge >= 0.3 is 0 Å². The summed E-state index contributed by atoms with van der Waals surface area (Å²) in [6.07, 6.45) is 5.11. The van der Waals surface area contributed by atoms with Crippen LogP contribution in [0.4, 0.5) is 5.69 Å². The van der Waals surface area contributed by atoms with E-state index in [9.17, 15) is 13.2 Å². The SMILES string of the molecule is O=C(Nc1ccc(S(=O)(=O)NC2CCCCC2)cc1)c1cccs1. The van der Waals surface area contributed by atoms with Gasteiger partial charge in [-0.2, -0.15) is 0 Å². The van der Waals surface area contributed by atoms with Crippen molar-refractivity contribution >= 4 is 33.0 Å². The number of nitrogens with one attached hydrogen (secondary N) is 2. The molecular formula is C17H20N2O3S2. The first-order valence-corrected chi connectivity index (χ1v) is 10.4. The number of benzene rings is 1. The molecule has 1 aromatic heterocycles. The molecule has 3 rings (SSSR count). The van der Waals surface area contributed by atoms with Gasteiger partial charge in [0.15, 0.2) is 0 Å². The van der Waals surface area contributed by atoms with E-state index in [0.717, 1.165) is 25.7 Å². The lowest BCUT2D eigenvalue weighted by Crippen LogP contribution is -2.36. The lowest BCUT2D eigenvalue weighted by Gasteiger charge is -2.22. The highest BCUT2D eigenvalue weighted by molar-refractivity contribution is 7.89. The van der Waals surface area contributed by atoms with Crippen LogP contribution in [-0.4, -0.2) is 20.4 Å². The van der Waals surface area contributed by atoms with Crippen LogP contribution in [0.2, 0.25) is 0 Å². The number of anilines is 1. The van der Waals surface area contributed by atoms with Crippen LogP contribution in [-0.2, 0) is 10.0 Å². The van der Waals surface area contributed by atoms with Crippen molar-refractivity contribution < 1.29 is 13.2 Å². The minimum absolute atomic E-state index is 0.0296. The Balaban J connectivity index is 1.65. The van der Waals surface area contributed by atoms with E-state index in [1.165, 1.54) is 29.9 Å². The normalized spacial score (nSPS) is 16.0. The van der Waals surface area contributed by atoms with E-state index >= 15 is 0 Å². The summed E-state index contributed by atoms with van der Waals surface area (Å²) in [4.78, 5) is 12.8. The molecule has 24 heavy (non-hydrogen) atoms. The molecule has 7 heteroatoms. The van der Waals surface area contributed by atoms with Crippen molar-refractivity contribution in [2.45, 2.75) is 43.0 Å². The van der Waals surface area contributed by atoms with Crippen molar-refractivity contribution in [3.8, 4) is 0 Å². The van der Waals surface area contributed by atoms with Crippen molar-refractivity contribution in [1.29, 1.82) is 0 Å². The van der Waals surface area contributed by atoms with Crippen LogP contribution in [0.15, 0.2) is 46.7 Å². The van der Waals surface area contributed by atoms with Gasteiger partial charge in [0.25, 0.3) is 5.91 Å². The fourth-order valence-corrected chi connectivity index (χ4v) is 4.75. The van der Waals surface area contributed by atoms with Gasteiger partial charge in [0, 0.05) is 11.7 Å². The fraction of sp³-hybridized carbons (Fsp3) is 0.353. The molecule has 5 nitrogen and oxygen atoms in total. The maximum atomic E-state index is 12.4. The van der Waals surface area contributed by atoms with Crippen molar-refractivity contribution in [2.75, 3.05) is 5.32 Å². The molecule has 1 fully saturated rings. The Morgan fingerprint density at radius 3 is 2.38 bits per heavy atom. The zero-order valence-corrected chi connectivity index (χ0v) is 14.8. The smallest absolute Gasteiger partial charge is 0.265 e. The number of thiophene rings is 1. The standard InChI is InChI=1S/C17H20N2O3S2/c20-17(16-7-4-12-23-16)18-13-8-10-15(11-9-13)24(21,22)19-14-5-2-1-3-6-14/h4,7-12,14,19H,1-3,5-6H2,(H,18,20). The first kappa shape index (κ1) is 17.1. The van der Waals surface area contributed by atoms with Gasteiger partial charge in [-0.1, -0.05) is 25.3 Å². The molecule has 0 atom stereocenters. The molecule has 2 N–H and O–H groups in total. The molecule has 1 heterocycles. The largest absolute Gasteiger partial charge is 0.321 e. The molecule has 1 amide bonds. The van der Waals surface area contributed by atoms with Gasteiger partial charge in [0.2, 0.25) is 10.0 Å². The number of rotatable bonds is 5. The highest BCUT2D eigenvalue weighted by Gasteiger charge is 2.21. The van der Waals surface area contributed by atoms with E-state index in [4.69, 9.17) is 0 Å². The minimum atomic E-state index is -3.51. The Morgan fingerprint density at radius 1 is 1.04 bits per heavy atom. The summed E-state index contributed by atoms with van der Waals surface area (Å²) in [7, 11) is -3.51. The molecule has 1 saturated carbocycles. The Morgan fingerprint density at radius 2 is 1.75 bits per heavy atom. The summed E-state index contributed by atoms with van der Waals surface area (Å²) < 4.78 is 27.6. The first-order chi connectivity index (χ1) is 11.5. The Kier molecular flexibility index (Phi) is 5.33. The van der Waals surface area contributed by atoms with Crippen LogP contribution in [0.5, 0.6) is 0 Å². The van der Waals surface area contributed by atoms with E-state index in [0.29, 0.717) is 10.6 Å². The van der Waals surface area contributed by atoms with Gasteiger partial charge in [-0.15, -0.1) is 11.3 Å². The molecule has 0 radical (unpaired) electrons. The monoisotopic (exact) mass is 364 g/mol. The van der Waals surface area contributed by atoms with Gasteiger partial charge in [-0.3, -0.25) is 4.79 Å². The summed E-state index contributed by atoms with van der Waals surface area (Å²) in [6, 6.07) is 9.85. The predicted molar refractivity (Wildman–Crippen MR) is 95.9 cm³/mol. The Labute approximate surface area is 146 Å². The number of hydrogen-bond donors (Lipinski definition) is 2. The molecule has 1 aliphatic rings. The first-order valence-electron chi connectivity index (χ1n) is 8.02. The zero-order valence-electron chi connectivity index (χ0n) is 13.2. The van der Waals surface area contributed by atoms with Crippen LogP contribution in [0, 0.1) is 0 Å². The van der Waals surface area contributed by atoms with E-state index in [1.807, 2.05) is 11.4 Å². The van der Waals surface area contributed by atoms with Crippen LogP contribution in [0.25, 0.3) is 0 Å². The summed E-state index contributed by atoms with van der Waals surface area (Å²) in [6.45, 7) is 0. The lowest BCUT2D eigenvalue weighted by molar-refractivity contribution is 0.103. The van der Waals surface area contributed by atoms with Gasteiger partial charge in [-0.25, -0.2) is 13.1 Å². The van der Waals surface area contributed by atoms with Gasteiger partial charge < -0.3 is 5.32 Å². The third kappa shape index (κ3) is 4.23. The molecule has 0 saturated heterocycles. The molecule has 0 aliphatic heterocycles. The van der Waals surface area contributed by atoms with Gasteiger partial charge in [0.1, 0.15) is 0 Å². The van der Waals surface area contributed by atoms with Crippen LogP contribution in [0.3, 0.4) is 0 Å². The third-order valence-corrected chi connectivity index (χ3v) is 6.50. The Hall–Kier alpha value is -1.70. The van der Waals surface area contributed by atoms with E-state index in [2.05, 4.69) is 10.0 Å². The number of carbonyl (C=O) groups excluding carboxylic acids is 1. The summed E-state index contributed by atoms with van der Waals surface area (Å²) >= 11 is 1.36. The quantitative estimate of drug-likeness (QED) is 0.851. The second-order valence-corrected chi connectivity index (χ2v) is 8.57. The maximum Gasteiger partial charge on any atom is 0.265 e. The average molecular weight is 364 g/mol. The van der Waals surface area contributed by atoms with Crippen molar-refractivity contribution in [3.05, 3.63) is 46.7 Å². The molecule has 2 aromatic rings. The molecule has 0 spiro atoms. The second kappa shape index (κ2) is 7.46. The van der Waals surface area contributed by atoms with Crippen molar-refractivity contribution in [2.24, 2.45) is 0 Å². The topological polar surface area (TPSA) is 75.3 Å². The number of amides is 1. The molecular weight excluding hydrogens is 344 g/mol. The molecule has 128 valence electrons. The number of hydrogen-bond acceptors (Lipinski definition) is 4. The highest BCUT2D eigenvalue weighted by atomic mass is 32.2. The average Bonchev–Trinajstić information content (AvgIpc) is 3.10. The molecule has 0 unspecified atom stereocenters. The van der Waals surface area contributed by atoms with E-state index in [-0.39, 0.29) is 16.8 Å². The molecule has 1 aromatic carbocycles.